The molecule has 5 heteroatoms. The van der Waals surface area contributed by atoms with Crippen molar-refractivity contribution in [1.82, 2.24) is 5.32 Å². The molecule has 81 valence electrons. The number of halogens is 1. The fourth-order valence-corrected chi connectivity index (χ4v) is 2.05. The zero-order valence-corrected chi connectivity index (χ0v) is 10.5. The van der Waals surface area contributed by atoms with E-state index in [0.717, 1.165) is 11.3 Å². The zero-order chi connectivity index (χ0) is 11.1. The quantitative estimate of drug-likeness (QED) is 0.667. The molecule has 0 aromatic heterocycles. The van der Waals surface area contributed by atoms with Crippen LogP contribution in [0.5, 0.6) is 0 Å². The first-order chi connectivity index (χ1) is 7.27. The van der Waals surface area contributed by atoms with Gasteiger partial charge in [-0.25, -0.2) is 0 Å². The van der Waals surface area contributed by atoms with E-state index in [4.69, 9.17) is 9.69 Å². The molecule has 0 atom stereocenters. The maximum atomic E-state index is 11.0. The molecule has 0 aliphatic heterocycles. The van der Waals surface area contributed by atoms with Crippen LogP contribution in [-0.2, 0) is 20.5 Å². The summed E-state index contributed by atoms with van der Waals surface area (Å²) < 4.78 is 1.94. The number of rotatable bonds is 3. The Morgan fingerprint density at radius 3 is 2.93 bits per heavy atom. The van der Waals surface area contributed by atoms with E-state index in [2.05, 4.69) is 10.3 Å². The number of para-hydroxylation sites is 1. The molecular formula is C10H10ClN2ORu. The van der Waals surface area contributed by atoms with Crippen molar-refractivity contribution >= 4 is 32.1 Å². The minimum atomic E-state index is -0.288. The number of hydrogen-bond acceptors (Lipinski definition) is 2. The number of aliphatic imine (C=N–C) groups is 1. The second-order valence-corrected chi connectivity index (χ2v) is 4.40. The third-order valence-corrected chi connectivity index (χ3v) is 2.84. The Morgan fingerprint density at radius 2 is 2.27 bits per heavy atom. The number of carbonyl (C=O) groups is 1. The van der Waals surface area contributed by atoms with Crippen molar-refractivity contribution in [3.8, 4) is 0 Å². The van der Waals surface area contributed by atoms with Gasteiger partial charge in [0.2, 0.25) is 0 Å². The van der Waals surface area contributed by atoms with Crippen LogP contribution in [0.25, 0.3) is 0 Å². The monoisotopic (exact) mass is 311 g/mol. The van der Waals surface area contributed by atoms with Gasteiger partial charge in [0, 0.05) is 0 Å². The number of nitrogens with zero attached hydrogens (tertiary/aromatic N) is 1. The second kappa shape index (κ2) is 6.59. The molecule has 0 unspecified atom stereocenters. The van der Waals surface area contributed by atoms with Crippen LogP contribution in [0.4, 0.5) is 5.69 Å². The molecule has 1 amide bonds. The topological polar surface area (TPSA) is 41.5 Å². The van der Waals surface area contributed by atoms with E-state index < -0.39 is 0 Å². The summed E-state index contributed by atoms with van der Waals surface area (Å²) in [5.74, 6) is -0.219. The molecule has 0 bridgehead atoms. The Balaban J connectivity index is 2.93. The van der Waals surface area contributed by atoms with Gasteiger partial charge in [-0.3, -0.25) is 0 Å². The van der Waals surface area contributed by atoms with Crippen molar-refractivity contribution in [2.75, 3.05) is 7.05 Å². The van der Waals surface area contributed by atoms with Gasteiger partial charge in [-0.15, -0.1) is 0 Å². The van der Waals surface area contributed by atoms with Crippen molar-refractivity contribution in [1.29, 1.82) is 0 Å². The summed E-state index contributed by atoms with van der Waals surface area (Å²) in [6, 6.07) is 7.56. The van der Waals surface area contributed by atoms with Crippen LogP contribution < -0.4 is 5.32 Å². The third kappa shape index (κ3) is 4.02. The van der Waals surface area contributed by atoms with E-state index in [1.165, 1.54) is 6.21 Å². The number of hydrogen-bond donors (Lipinski definition) is 1. The standard InChI is InChI=1S/C10H10N2O.ClH.Ru/c1-8-5-3-4-6-9(8)12-7-10(13)11-2;;/h1,3-7H,2H3,(H,11,13);1H;/q;;+1/p-1. The van der Waals surface area contributed by atoms with Gasteiger partial charge >= 0.3 is 99.8 Å². The summed E-state index contributed by atoms with van der Waals surface area (Å²) in [6.07, 6.45) is 1.26. The number of benzene rings is 1. The van der Waals surface area contributed by atoms with E-state index in [1.54, 1.807) is 7.05 Å². The average Bonchev–Trinajstić information content (AvgIpc) is 2.28. The predicted molar refractivity (Wildman–Crippen MR) is 59.7 cm³/mol. The van der Waals surface area contributed by atoms with Crippen molar-refractivity contribution < 1.29 is 20.5 Å². The average molecular weight is 311 g/mol. The second-order valence-electron chi connectivity index (χ2n) is 2.61. The van der Waals surface area contributed by atoms with Crippen LogP contribution in [0.2, 0.25) is 0 Å². The fraction of sp³-hybridized carbons (Fsp3) is 0.100. The predicted octanol–water partition coefficient (Wildman–Crippen LogP) is 1.52. The SMILES string of the molecule is CNC(=O)C=Nc1ccccc1[CH]=[Ru][Cl]. The van der Waals surface area contributed by atoms with E-state index >= 15 is 0 Å². The first-order valence-corrected chi connectivity index (χ1v) is 7.42. The molecule has 0 spiro atoms. The van der Waals surface area contributed by atoms with Gasteiger partial charge in [-0.05, 0) is 0 Å². The summed E-state index contributed by atoms with van der Waals surface area (Å²) in [4.78, 5) is 15.0. The van der Waals surface area contributed by atoms with Gasteiger partial charge in [0.15, 0.2) is 0 Å². The van der Waals surface area contributed by atoms with E-state index in [9.17, 15) is 4.79 Å². The molecule has 0 heterocycles. The first-order valence-electron chi connectivity index (χ1n) is 4.18. The van der Waals surface area contributed by atoms with Crippen LogP contribution in [-0.4, -0.2) is 23.8 Å². The van der Waals surface area contributed by atoms with Crippen molar-refractivity contribution in [3.05, 3.63) is 29.8 Å². The van der Waals surface area contributed by atoms with Gasteiger partial charge in [0.05, 0.1) is 0 Å². The molecule has 0 saturated carbocycles. The van der Waals surface area contributed by atoms with Gasteiger partial charge in [0.1, 0.15) is 0 Å². The zero-order valence-electron chi connectivity index (χ0n) is 8.05. The molecule has 0 saturated heterocycles. The number of carbonyl (C=O) groups excluding carboxylic acids is 1. The number of amides is 1. The van der Waals surface area contributed by atoms with E-state index in [-0.39, 0.29) is 21.6 Å². The molecule has 0 fully saturated rings. The Hall–Kier alpha value is -0.857. The minimum absolute atomic E-state index is 0.219. The Morgan fingerprint density at radius 1 is 1.53 bits per heavy atom. The first kappa shape index (κ1) is 12.2. The van der Waals surface area contributed by atoms with E-state index in [0.29, 0.717) is 0 Å². The summed E-state index contributed by atoms with van der Waals surface area (Å²) in [5, 5.41) is 2.47. The maximum absolute atomic E-state index is 11.0. The Bertz CT molecular complexity index is 404. The molecule has 0 aliphatic carbocycles. The van der Waals surface area contributed by atoms with Gasteiger partial charge in [0.25, 0.3) is 0 Å². The Labute approximate surface area is 99.7 Å². The van der Waals surface area contributed by atoms with Gasteiger partial charge in [-0.2, -0.15) is 0 Å². The van der Waals surface area contributed by atoms with Crippen molar-refractivity contribution in [2.45, 2.75) is 0 Å². The molecule has 1 rings (SSSR count). The van der Waals surface area contributed by atoms with Gasteiger partial charge < -0.3 is 0 Å². The Kier molecular flexibility index (Phi) is 5.37. The van der Waals surface area contributed by atoms with Crippen LogP contribution >= 0.6 is 9.69 Å². The molecule has 1 aromatic carbocycles. The van der Waals surface area contributed by atoms with Crippen molar-refractivity contribution in [2.24, 2.45) is 4.99 Å². The molecule has 1 N–H and O–H groups in total. The van der Waals surface area contributed by atoms with E-state index in [1.807, 2.05) is 28.9 Å². The van der Waals surface area contributed by atoms with Gasteiger partial charge in [-0.1, -0.05) is 0 Å². The normalized spacial score (nSPS) is 11.6. The van der Waals surface area contributed by atoms with Crippen LogP contribution in [0.3, 0.4) is 0 Å². The molecule has 15 heavy (non-hydrogen) atoms. The van der Waals surface area contributed by atoms with Crippen LogP contribution in [0.15, 0.2) is 29.3 Å². The molecule has 0 radical (unpaired) electrons. The summed E-state index contributed by atoms with van der Waals surface area (Å²) in [5.41, 5.74) is 1.72. The van der Waals surface area contributed by atoms with Crippen LogP contribution in [0, 0.1) is 0 Å². The molecule has 1 aromatic rings. The summed E-state index contributed by atoms with van der Waals surface area (Å²) in [7, 11) is 7.27. The fourth-order valence-electron chi connectivity index (χ4n) is 0.926. The molecular weight excluding hydrogens is 301 g/mol. The molecule has 0 aliphatic rings. The van der Waals surface area contributed by atoms with Crippen molar-refractivity contribution in [3.63, 3.8) is 0 Å². The number of nitrogens with one attached hydrogen (secondary N) is 1. The summed E-state index contributed by atoms with van der Waals surface area (Å²) >= 11 is -0.288. The molecule has 3 nitrogen and oxygen atoms in total. The summed E-state index contributed by atoms with van der Waals surface area (Å²) in [6.45, 7) is 0. The van der Waals surface area contributed by atoms with Crippen LogP contribution in [0.1, 0.15) is 5.56 Å². The third-order valence-electron chi connectivity index (χ3n) is 1.65.